The summed E-state index contributed by atoms with van der Waals surface area (Å²) in [6.45, 7) is 4.20. The molecule has 142 valence electrons. The minimum atomic E-state index is -4.47. The number of alkyl halides is 3. The van der Waals surface area contributed by atoms with Gasteiger partial charge in [-0.1, -0.05) is 25.5 Å². The monoisotopic (exact) mass is 369 g/mol. The Kier molecular flexibility index (Phi) is 6.07. The van der Waals surface area contributed by atoms with Crippen LogP contribution >= 0.6 is 0 Å². The molecule has 0 aliphatic carbocycles. The number of hydrogen-bond donors (Lipinski definition) is 1. The maximum absolute atomic E-state index is 12.6. The van der Waals surface area contributed by atoms with E-state index < -0.39 is 17.4 Å². The van der Waals surface area contributed by atoms with Gasteiger partial charge in [-0.2, -0.15) is 18.3 Å². The molecule has 8 heteroatoms. The van der Waals surface area contributed by atoms with E-state index in [0.29, 0.717) is 18.7 Å². The summed E-state index contributed by atoms with van der Waals surface area (Å²) in [5.41, 5.74) is -0.306. The number of carbonyl (C=O) groups excluding carboxylic acids is 1. The predicted molar refractivity (Wildman–Crippen MR) is 90.7 cm³/mol. The predicted octanol–water partition coefficient (Wildman–Crippen LogP) is 3.71. The van der Waals surface area contributed by atoms with E-state index in [1.54, 1.807) is 31.2 Å². The highest BCUT2D eigenvalue weighted by Crippen LogP contribution is 2.27. The Morgan fingerprint density at radius 2 is 1.88 bits per heavy atom. The summed E-state index contributed by atoms with van der Waals surface area (Å²) in [6.07, 6.45) is -1.75. The van der Waals surface area contributed by atoms with E-state index in [2.05, 4.69) is 10.4 Å². The van der Waals surface area contributed by atoms with Gasteiger partial charge in [-0.25, -0.2) is 4.68 Å². The third kappa shape index (κ3) is 4.63. The van der Waals surface area contributed by atoms with Gasteiger partial charge in [-0.15, -0.1) is 0 Å². The molecule has 0 aliphatic rings. The smallest absolute Gasteiger partial charge is 0.435 e. The van der Waals surface area contributed by atoms with Gasteiger partial charge < -0.3 is 4.74 Å². The maximum atomic E-state index is 12.6. The van der Waals surface area contributed by atoms with E-state index >= 15 is 0 Å². The lowest BCUT2D eigenvalue weighted by atomic mass is 9.96. The van der Waals surface area contributed by atoms with Crippen LogP contribution in [0.15, 0.2) is 36.5 Å². The Morgan fingerprint density at radius 3 is 2.38 bits per heavy atom. The Bertz CT molecular complexity index is 741. The molecule has 0 bridgehead atoms. The number of ether oxygens (including phenoxy) is 1. The van der Waals surface area contributed by atoms with Gasteiger partial charge in [0.05, 0.1) is 12.8 Å². The topological polar surface area (TPSA) is 56.2 Å². The normalized spacial score (nSPS) is 14.1. The van der Waals surface area contributed by atoms with Crippen LogP contribution in [0.2, 0.25) is 0 Å². The number of benzene rings is 1. The fourth-order valence-corrected chi connectivity index (χ4v) is 2.67. The molecule has 0 fully saturated rings. The Labute approximate surface area is 150 Å². The molecule has 1 aromatic carbocycles. The molecule has 1 unspecified atom stereocenters. The first-order chi connectivity index (χ1) is 12.2. The first kappa shape index (κ1) is 20.0. The first-order valence-electron chi connectivity index (χ1n) is 8.25. The van der Waals surface area contributed by atoms with Crippen molar-refractivity contribution in [2.24, 2.45) is 0 Å². The minimum absolute atomic E-state index is 0.327. The lowest BCUT2D eigenvalue weighted by Crippen LogP contribution is -2.49. The van der Waals surface area contributed by atoms with E-state index in [4.69, 9.17) is 4.74 Å². The number of methoxy groups -OCH3 is 1. The lowest BCUT2D eigenvalue weighted by molar-refractivity contribution is -0.148. The summed E-state index contributed by atoms with van der Waals surface area (Å²) >= 11 is 0. The van der Waals surface area contributed by atoms with Crippen molar-refractivity contribution >= 4 is 5.97 Å². The van der Waals surface area contributed by atoms with Crippen LogP contribution in [0.4, 0.5) is 13.2 Å². The molecule has 0 spiro atoms. The van der Waals surface area contributed by atoms with Gasteiger partial charge in [0, 0.05) is 12.7 Å². The van der Waals surface area contributed by atoms with Crippen molar-refractivity contribution in [2.45, 2.75) is 44.9 Å². The quantitative estimate of drug-likeness (QED) is 0.756. The Balaban J connectivity index is 2.07. The van der Waals surface area contributed by atoms with Crippen LogP contribution in [0, 0.1) is 0 Å². The number of nitrogens with zero attached hydrogens (tertiary/aromatic N) is 2. The number of aromatic nitrogens is 2. The fraction of sp³-hybridized carbons (Fsp3) is 0.444. The number of carbonyl (C=O) groups is 1. The van der Waals surface area contributed by atoms with Crippen LogP contribution < -0.4 is 5.32 Å². The van der Waals surface area contributed by atoms with Gasteiger partial charge in [0.2, 0.25) is 0 Å². The summed E-state index contributed by atoms with van der Waals surface area (Å²) in [6, 6.07) is 7.85. The molecular formula is C18H22F3N3O2. The molecule has 0 aliphatic heterocycles. The molecule has 5 nitrogen and oxygen atoms in total. The standard InChI is InChI=1S/C18H22F3N3O2/c1-4-10-17(2,16(25)26-3)22-12-13-5-7-14(8-6-13)24-11-9-15(23-24)18(19,20)21/h5-9,11,22H,4,10,12H2,1-3H3. The molecule has 1 aromatic heterocycles. The summed E-state index contributed by atoms with van der Waals surface area (Å²) in [4.78, 5) is 12.0. The number of rotatable bonds is 7. The van der Waals surface area contributed by atoms with Crippen molar-refractivity contribution in [1.29, 1.82) is 0 Å². The molecule has 2 rings (SSSR count). The van der Waals surface area contributed by atoms with E-state index in [-0.39, 0.29) is 5.97 Å². The molecule has 0 saturated carbocycles. The highest BCUT2D eigenvalue weighted by atomic mass is 19.4. The molecular weight excluding hydrogens is 347 g/mol. The van der Waals surface area contributed by atoms with E-state index in [0.717, 1.165) is 18.1 Å². The largest absolute Gasteiger partial charge is 0.468 e. The number of esters is 1. The van der Waals surface area contributed by atoms with E-state index in [1.165, 1.54) is 18.0 Å². The number of hydrogen-bond acceptors (Lipinski definition) is 4. The van der Waals surface area contributed by atoms with Crippen molar-refractivity contribution in [2.75, 3.05) is 7.11 Å². The van der Waals surface area contributed by atoms with Crippen molar-refractivity contribution in [3.05, 3.63) is 47.8 Å². The second kappa shape index (κ2) is 7.90. The number of halogens is 3. The number of nitrogens with one attached hydrogen (secondary N) is 1. The summed E-state index contributed by atoms with van der Waals surface area (Å²) in [7, 11) is 1.35. The van der Waals surface area contributed by atoms with Gasteiger partial charge in [-0.3, -0.25) is 10.1 Å². The van der Waals surface area contributed by atoms with Crippen LogP contribution in [-0.4, -0.2) is 28.4 Å². The summed E-state index contributed by atoms with van der Waals surface area (Å²) in [5.74, 6) is -0.327. The Hall–Kier alpha value is -2.35. The molecule has 1 heterocycles. The second-order valence-electron chi connectivity index (χ2n) is 6.24. The highest BCUT2D eigenvalue weighted by Gasteiger charge is 2.34. The van der Waals surface area contributed by atoms with Crippen LogP contribution in [0.25, 0.3) is 5.69 Å². The SMILES string of the molecule is CCCC(C)(NCc1ccc(-n2ccc(C(F)(F)F)n2)cc1)C(=O)OC. The van der Waals surface area contributed by atoms with Crippen LogP contribution in [0.1, 0.15) is 37.9 Å². The molecule has 1 N–H and O–H groups in total. The first-order valence-corrected chi connectivity index (χ1v) is 8.25. The third-order valence-electron chi connectivity index (χ3n) is 4.15. The van der Waals surface area contributed by atoms with Gasteiger partial charge in [0.15, 0.2) is 5.69 Å². The maximum Gasteiger partial charge on any atom is 0.435 e. The summed E-state index contributed by atoms with van der Waals surface area (Å²) < 4.78 is 43.9. The third-order valence-corrected chi connectivity index (χ3v) is 4.15. The zero-order valence-electron chi connectivity index (χ0n) is 14.9. The molecule has 0 saturated heterocycles. The average molecular weight is 369 g/mol. The molecule has 0 amide bonds. The van der Waals surface area contributed by atoms with Crippen molar-refractivity contribution in [3.63, 3.8) is 0 Å². The van der Waals surface area contributed by atoms with Crippen LogP contribution in [0.5, 0.6) is 0 Å². The average Bonchev–Trinajstić information content (AvgIpc) is 3.10. The van der Waals surface area contributed by atoms with Crippen molar-refractivity contribution < 1.29 is 22.7 Å². The van der Waals surface area contributed by atoms with Crippen molar-refractivity contribution in [1.82, 2.24) is 15.1 Å². The van der Waals surface area contributed by atoms with Gasteiger partial charge in [0.25, 0.3) is 0 Å². The second-order valence-corrected chi connectivity index (χ2v) is 6.24. The van der Waals surface area contributed by atoms with E-state index in [1.807, 2.05) is 6.92 Å². The van der Waals surface area contributed by atoms with Gasteiger partial charge >= 0.3 is 12.1 Å². The molecule has 0 radical (unpaired) electrons. The molecule has 2 aromatic rings. The van der Waals surface area contributed by atoms with E-state index in [9.17, 15) is 18.0 Å². The lowest BCUT2D eigenvalue weighted by Gasteiger charge is -2.27. The minimum Gasteiger partial charge on any atom is -0.468 e. The van der Waals surface area contributed by atoms with Crippen LogP contribution in [-0.2, 0) is 22.3 Å². The zero-order chi connectivity index (χ0) is 19.4. The Morgan fingerprint density at radius 1 is 1.23 bits per heavy atom. The van der Waals surface area contributed by atoms with Gasteiger partial charge in [-0.05, 0) is 37.1 Å². The highest BCUT2D eigenvalue weighted by molar-refractivity contribution is 5.80. The zero-order valence-corrected chi connectivity index (χ0v) is 14.9. The molecule has 26 heavy (non-hydrogen) atoms. The van der Waals surface area contributed by atoms with Crippen molar-refractivity contribution in [3.8, 4) is 5.69 Å². The molecule has 1 atom stereocenters. The fourth-order valence-electron chi connectivity index (χ4n) is 2.67. The van der Waals surface area contributed by atoms with Crippen LogP contribution in [0.3, 0.4) is 0 Å². The summed E-state index contributed by atoms with van der Waals surface area (Å²) in [5, 5.41) is 6.74. The van der Waals surface area contributed by atoms with Gasteiger partial charge in [0.1, 0.15) is 5.54 Å².